The van der Waals surface area contributed by atoms with Crippen molar-refractivity contribution in [3.05, 3.63) is 41.6 Å². The maximum absolute atomic E-state index is 9.18. The highest BCUT2D eigenvalue weighted by Gasteiger charge is 2.11. The molecule has 15 heavy (non-hydrogen) atoms. The zero-order valence-electron chi connectivity index (χ0n) is 8.66. The molecule has 1 aliphatic rings. The van der Waals surface area contributed by atoms with Crippen LogP contribution in [0.1, 0.15) is 24.8 Å². The average molecular weight is 198 g/mol. The predicted octanol–water partition coefficient (Wildman–Crippen LogP) is 2.69. The summed E-state index contributed by atoms with van der Waals surface area (Å²) in [5.74, 6) is 0. The van der Waals surface area contributed by atoms with Crippen LogP contribution in [0.3, 0.4) is 0 Å². The van der Waals surface area contributed by atoms with Crippen LogP contribution in [0.15, 0.2) is 36.0 Å². The van der Waals surface area contributed by atoms with Crippen LogP contribution < -0.4 is 5.32 Å². The lowest BCUT2D eigenvalue weighted by atomic mass is 10.00. The highest BCUT2D eigenvalue weighted by molar-refractivity contribution is 5.79. The normalized spacial score (nSPS) is 18.9. The van der Waals surface area contributed by atoms with Gasteiger partial charge in [-0.15, -0.1) is 0 Å². The van der Waals surface area contributed by atoms with Gasteiger partial charge in [0.1, 0.15) is 6.07 Å². The minimum Gasteiger partial charge on any atom is -0.387 e. The molecular weight excluding hydrogens is 184 g/mol. The Hall–Kier alpha value is -1.75. The third kappa shape index (κ3) is 2.19. The zero-order chi connectivity index (χ0) is 10.5. The number of nitrogens with one attached hydrogen (secondary N) is 1. The Balaban J connectivity index is 2.35. The number of rotatable bonds is 1. The Morgan fingerprint density at radius 1 is 1.20 bits per heavy atom. The van der Waals surface area contributed by atoms with Gasteiger partial charge in [-0.2, -0.15) is 5.26 Å². The fourth-order valence-electron chi connectivity index (χ4n) is 1.88. The maximum Gasteiger partial charge on any atom is 0.102 e. The van der Waals surface area contributed by atoms with Crippen LogP contribution in [-0.4, -0.2) is 6.54 Å². The molecule has 0 bridgehead atoms. The summed E-state index contributed by atoms with van der Waals surface area (Å²) >= 11 is 0. The minimum atomic E-state index is 0.801. The number of piperidine rings is 1. The summed E-state index contributed by atoms with van der Waals surface area (Å²) in [6.07, 6.45) is 3.38. The van der Waals surface area contributed by atoms with Crippen LogP contribution in [0.25, 0.3) is 5.57 Å². The van der Waals surface area contributed by atoms with Crippen LogP contribution >= 0.6 is 0 Å². The van der Waals surface area contributed by atoms with Gasteiger partial charge in [0.2, 0.25) is 0 Å². The second kappa shape index (κ2) is 4.65. The first kappa shape index (κ1) is 9.79. The number of nitriles is 1. The van der Waals surface area contributed by atoms with Gasteiger partial charge in [0.15, 0.2) is 0 Å². The summed E-state index contributed by atoms with van der Waals surface area (Å²) in [4.78, 5) is 0. The second-order valence-corrected chi connectivity index (χ2v) is 3.72. The number of allylic oxidation sites excluding steroid dienone is 2. The van der Waals surface area contributed by atoms with Crippen molar-refractivity contribution in [3.63, 3.8) is 0 Å². The van der Waals surface area contributed by atoms with Gasteiger partial charge in [-0.05, 0) is 24.8 Å². The molecule has 2 heteroatoms. The lowest BCUT2D eigenvalue weighted by Crippen LogP contribution is -2.21. The van der Waals surface area contributed by atoms with Crippen molar-refractivity contribution < 1.29 is 0 Å². The topological polar surface area (TPSA) is 35.8 Å². The summed E-state index contributed by atoms with van der Waals surface area (Å²) in [5, 5.41) is 12.5. The van der Waals surface area contributed by atoms with Gasteiger partial charge < -0.3 is 5.32 Å². The van der Waals surface area contributed by atoms with Crippen LogP contribution in [0, 0.1) is 11.3 Å². The van der Waals surface area contributed by atoms with Crippen molar-refractivity contribution in [1.82, 2.24) is 5.32 Å². The lowest BCUT2D eigenvalue weighted by Gasteiger charge is -2.18. The summed E-state index contributed by atoms with van der Waals surface area (Å²) in [6.45, 7) is 0.993. The highest BCUT2D eigenvalue weighted by atomic mass is 14.9. The molecule has 1 saturated heterocycles. The first-order valence-corrected chi connectivity index (χ1v) is 5.34. The smallest absolute Gasteiger partial charge is 0.102 e. The Morgan fingerprint density at radius 3 is 2.60 bits per heavy atom. The van der Waals surface area contributed by atoms with Crippen molar-refractivity contribution in [2.75, 3.05) is 6.54 Å². The zero-order valence-corrected chi connectivity index (χ0v) is 8.66. The van der Waals surface area contributed by atoms with E-state index in [0.717, 1.165) is 29.8 Å². The SMILES string of the molecule is N#C/C(=C1\CCCCN1)c1ccccc1. The van der Waals surface area contributed by atoms with E-state index in [4.69, 9.17) is 0 Å². The van der Waals surface area contributed by atoms with E-state index < -0.39 is 0 Å². The molecule has 1 heterocycles. The molecule has 1 fully saturated rings. The van der Waals surface area contributed by atoms with Crippen LogP contribution in [0.4, 0.5) is 0 Å². The molecular formula is C13H14N2. The fourth-order valence-corrected chi connectivity index (χ4v) is 1.88. The largest absolute Gasteiger partial charge is 0.387 e. The van der Waals surface area contributed by atoms with E-state index in [2.05, 4.69) is 11.4 Å². The van der Waals surface area contributed by atoms with E-state index in [1.807, 2.05) is 30.3 Å². The van der Waals surface area contributed by atoms with E-state index in [1.165, 1.54) is 12.8 Å². The van der Waals surface area contributed by atoms with Crippen molar-refractivity contribution >= 4 is 5.57 Å². The van der Waals surface area contributed by atoms with Gasteiger partial charge in [-0.25, -0.2) is 0 Å². The fraction of sp³-hybridized carbons (Fsp3) is 0.308. The number of benzene rings is 1. The standard InChI is InChI=1S/C13H14N2/c14-10-12(11-6-2-1-3-7-11)13-8-4-5-9-15-13/h1-3,6-7,15H,4-5,8-9H2/b13-12-. The third-order valence-corrected chi connectivity index (χ3v) is 2.67. The van der Waals surface area contributed by atoms with Crippen molar-refractivity contribution in [1.29, 1.82) is 5.26 Å². The molecule has 0 aromatic heterocycles. The number of nitrogens with zero attached hydrogens (tertiary/aromatic N) is 1. The Labute approximate surface area is 90.2 Å². The minimum absolute atomic E-state index is 0.801. The van der Waals surface area contributed by atoms with Gasteiger partial charge in [0, 0.05) is 12.2 Å². The monoisotopic (exact) mass is 198 g/mol. The Bertz CT molecular complexity index is 390. The lowest BCUT2D eigenvalue weighted by molar-refractivity contribution is 0.590. The second-order valence-electron chi connectivity index (χ2n) is 3.72. The average Bonchev–Trinajstić information content (AvgIpc) is 2.33. The molecule has 0 radical (unpaired) electrons. The summed E-state index contributed by atoms with van der Waals surface area (Å²) in [5.41, 5.74) is 2.93. The molecule has 1 aliphatic heterocycles. The van der Waals surface area contributed by atoms with E-state index >= 15 is 0 Å². The molecule has 0 unspecified atom stereocenters. The quantitative estimate of drug-likeness (QED) is 0.704. The van der Waals surface area contributed by atoms with Crippen LogP contribution in [-0.2, 0) is 0 Å². The first-order chi connectivity index (χ1) is 7.42. The molecule has 1 N–H and O–H groups in total. The van der Waals surface area contributed by atoms with E-state index in [0.29, 0.717) is 0 Å². The predicted molar refractivity (Wildman–Crippen MR) is 60.8 cm³/mol. The van der Waals surface area contributed by atoms with Crippen molar-refractivity contribution in [2.45, 2.75) is 19.3 Å². The highest BCUT2D eigenvalue weighted by Crippen LogP contribution is 2.22. The number of hydrogen-bond acceptors (Lipinski definition) is 2. The Kier molecular flexibility index (Phi) is 3.04. The van der Waals surface area contributed by atoms with Crippen molar-refractivity contribution in [2.24, 2.45) is 0 Å². The van der Waals surface area contributed by atoms with Crippen molar-refractivity contribution in [3.8, 4) is 6.07 Å². The molecule has 0 aliphatic carbocycles. The third-order valence-electron chi connectivity index (χ3n) is 2.67. The molecule has 2 nitrogen and oxygen atoms in total. The van der Waals surface area contributed by atoms with E-state index in [9.17, 15) is 5.26 Å². The molecule has 1 aromatic carbocycles. The molecule has 0 atom stereocenters. The maximum atomic E-state index is 9.18. The van der Waals surface area contributed by atoms with E-state index in [1.54, 1.807) is 0 Å². The number of hydrogen-bond donors (Lipinski definition) is 1. The first-order valence-electron chi connectivity index (χ1n) is 5.34. The molecule has 1 aromatic rings. The van der Waals surface area contributed by atoms with Gasteiger partial charge in [-0.1, -0.05) is 30.3 Å². The summed E-state index contributed by atoms with van der Waals surface area (Å²) in [6, 6.07) is 12.2. The molecule has 0 spiro atoms. The van der Waals surface area contributed by atoms with Crippen LogP contribution in [0.2, 0.25) is 0 Å². The molecule has 0 saturated carbocycles. The Morgan fingerprint density at radius 2 is 2.00 bits per heavy atom. The molecule has 76 valence electrons. The van der Waals surface area contributed by atoms with Gasteiger partial charge in [-0.3, -0.25) is 0 Å². The van der Waals surface area contributed by atoms with Gasteiger partial charge >= 0.3 is 0 Å². The molecule has 2 rings (SSSR count). The molecule has 0 amide bonds. The summed E-state index contributed by atoms with van der Waals surface area (Å²) < 4.78 is 0. The van der Waals surface area contributed by atoms with Gasteiger partial charge in [0.25, 0.3) is 0 Å². The van der Waals surface area contributed by atoms with Crippen LogP contribution in [0.5, 0.6) is 0 Å². The summed E-state index contributed by atoms with van der Waals surface area (Å²) in [7, 11) is 0. The van der Waals surface area contributed by atoms with Gasteiger partial charge in [0.05, 0.1) is 5.57 Å². The van der Waals surface area contributed by atoms with E-state index in [-0.39, 0.29) is 0 Å².